The summed E-state index contributed by atoms with van der Waals surface area (Å²) in [7, 11) is 0. The first-order chi connectivity index (χ1) is 11.6. The Kier molecular flexibility index (Phi) is 3.54. The van der Waals surface area contributed by atoms with Gasteiger partial charge in [-0.1, -0.05) is 13.3 Å². The van der Waals surface area contributed by atoms with Gasteiger partial charge in [-0.2, -0.15) is 0 Å². The second-order valence-electron chi connectivity index (χ2n) is 9.93. The van der Waals surface area contributed by atoms with Crippen LogP contribution < -0.4 is 0 Å². The highest BCUT2D eigenvalue weighted by Gasteiger charge is 2.71. The Morgan fingerprint density at radius 2 is 1.92 bits per heavy atom. The van der Waals surface area contributed by atoms with Gasteiger partial charge in [-0.25, -0.2) is 0 Å². The second kappa shape index (κ2) is 5.07. The summed E-state index contributed by atoms with van der Waals surface area (Å²) in [6, 6.07) is 0. The van der Waals surface area contributed by atoms with E-state index in [9.17, 15) is 24.9 Å². The maximum absolute atomic E-state index is 12.7. The Hall–Kier alpha value is -0.940. The first-order valence-electron chi connectivity index (χ1n) is 9.70. The molecule has 2 bridgehead atoms. The number of carboxylic acid groups (broad SMARTS) is 1. The number of ketones is 1. The van der Waals surface area contributed by atoms with Crippen LogP contribution in [0, 0.1) is 33.5 Å². The molecule has 0 aliphatic heterocycles. The lowest BCUT2D eigenvalue weighted by Gasteiger charge is -2.65. The Labute approximate surface area is 148 Å². The zero-order valence-corrected chi connectivity index (χ0v) is 15.3. The molecule has 0 unspecified atom stereocenters. The number of hydrogen-bond acceptors (Lipinski definition) is 4. The van der Waals surface area contributed by atoms with Gasteiger partial charge in [-0.15, -0.1) is 0 Å². The number of carbonyl (C=O) groups is 2. The minimum absolute atomic E-state index is 0.0609. The molecule has 5 heteroatoms. The van der Waals surface area contributed by atoms with Gasteiger partial charge in [0.25, 0.3) is 0 Å². The van der Waals surface area contributed by atoms with Crippen LogP contribution in [0.1, 0.15) is 65.2 Å². The predicted octanol–water partition coefficient (Wildman–Crippen LogP) is 2.39. The fourth-order valence-electron chi connectivity index (χ4n) is 7.71. The molecule has 3 N–H and O–H groups in total. The van der Waals surface area contributed by atoms with Crippen LogP contribution in [0.4, 0.5) is 0 Å². The van der Waals surface area contributed by atoms with Crippen molar-refractivity contribution in [2.75, 3.05) is 6.61 Å². The van der Waals surface area contributed by atoms with Gasteiger partial charge in [0.2, 0.25) is 0 Å². The number of Topliss-reactive ketones (excluding diaryl/α,β-unsaturated/α-hetero) is 1. The first-order valence-corrected chi connectivity index (χ1v) is 9.70. The summed E-state index contributed by atoms with van der Waals surface area (Å²) in [5.74, 6) is -0.543. The van der Waals surface area contributed by atoms with E-state index in [4.69, 9.17) is 0 Å². The zero-order valence-electron chi connectivity index (χ0n) is 15.3. The molecular weight excluding hydrogens is 320 g/mol. The predicted molar refractivity (Wildman–Crippen MR) is 90.7 cm³/mol. The topological polar surface area (TPSA) is 94.8 Å². The molecule has 0 heterocycles. The fraction of sp³-hybridized carbons (Fsp3) is 0.900. The third-order valence-corrected chi connectivity index (χ3v) is 9.04. The van der Waals surface area contributed by atoms with Gasteiger partial charge in [0.1, 0.15) is 5.78 Å². The van der Waals surface area contributed by atoms with E-state index >= 15 is 0 Å². The maximum atomic E-state index is 12.7. The number of aliphatic hydroxyl groups is 2. The smallest absolute Gasteiger partial charge is 0.309 e. The highest BCUT2D eigenvalue weighted by molar-refractivity contribution is 5.89. The van der Waals surface area contributed by atoms with E-state index in [2.05, 4.69) is 6.92 Å². The standard InChI is InChI=1S/C20H30O5/c1-17-5-3-6-18(2,16(24)25)13(17)8-14(22)20-9-15(23)19(10-20,11-21)7-4-12(17)20/h12-14,21-22H,3-11H2,1-2H3,(H,24,25)/t12-,13-,14+,17-,18+,19-,20+/m0/s1. The molecule has 1 spiro atoms. The summed E-state index contributed by atoms with van der Waals surface area (Å²) in [6.07, 6.45) is 4.75. The van der Waals surface area contributed by atoms with E-state index in [1.807, 2.05) is 6.92 Å². The summed E-state index contributed by atoms with van der Waals surface area (Å²) in [4.78, 5) is 24.8. The summed E-state index contributed by atoms with van der Waals surface area (Å²) >= 11 is 0. The van der Waals surface area contributed by atoms with E-state index in [0.29, 0.717) is 32.1 Å². The van der Waals surface area contributed by atoms with Crippen molar-refractivity contribution in [1.82, 2.24) is 0 Å². The van der Waals surface area contributed by atoms with Gasteiger partial charge in [-0.3, -0.25) is 9.59 Å². The fourth-order valence-corrected chi connectivity index (χ4v) is 7.71. The number of fused-ring (bicyclic) bond motifs is 3. The monoisotopic (exact) mass is 350 g/mol. The molecule has 0 radical (unpaired) electrons. The minimum Gasteiger partial charge on any atom is -0.481 e. The van der Waals surface area contributed by atoms with Crippen molar-refractivity contribution in [1.29, 1.82) is 0 Å². The van der Waals surface area contributed by atoms with Gasteiger partial charge >= 0.3 is 5.97 Å². The van der Waals surface area contributed by atoms with Crippen molar-refractivity contribution in [3.05, 3.63) is 0 Å². The Balaban J connectivity index is 1.79. The molecule has 4 rings (SSSR count). The molecule has 0 amide bonds. The molecule has 140 valence electrons. The summed E-state index contributed by atoms with van der Waals surface area (Å²) in [5, 5.41) is 30.9. The van der Waals surface area contributed by atoms with E-state index in [0.717, 1.165) is 19.3 Å². The summed E-state index contributed by atoms with van der Waals surface area (Å²) in [5.41, 5.74) is -2.08. The normalized spacial score (nSPS) is 54.7. The second-order valence-corrected chi connectivity index (χ2v) is 9.93. The van der Waals surface area contributed by atoms with Crippen LogP contribution in [0.5, 0.6) is 0 Å². The van der Waals surface area contributed by atoms with Crippen molar-refractivity contribution in [3.63, 3.8) is 0 Å². The third kappa shape index (κ3) is 1.92. The van der Waals surface area contributed by atoms with Crippen LogP contribution in [-0.2, 0) is 9.59 Å². The highest BCUT2D eigenvalue weighted by atomic mass is 16.4. The molecular formula is C20H30O5. The molecule has 0 aromatic carbocycles. The third-order valence-electron chi connectivity index (χ3n) is 9.04. The first kappa shape index (κ1) is 17.5. The van der Waals surface area contributed by atoms with E-state index in [1.165, 1.54) is 0 Å². The van der Waals surface area contributed by atoms with E-state index in [1.54, 1.807) is 0 Å². The number of rotatable bonds is 2. The van der Waals surface area contributed by atoms with Crippen molar-refractivity contribution in [2.24, 2.45) is 33.5 Å². The van der Waals surface area contributed by atoms with Gasteiger partial charge in [-0.05, 0) is 62.7 Å². The summed E-state index contributed by atoms with van der Waals surface area (Å²) in [6.45, 7) is 3.94. The van der Waals surface area contributed by atoms with Crippen LogP contribution in [0.2, 0.25) is 0 Å². The molecule has 0 saturated heterocycles. The number of aliphatic carboxylic acids is 1. The largest absolute Gasteiger partial charge is 0.481 e. The minimum atomic E-state index is -0.802. The van der Waals surface area contributed by atoms with Crippen LogP contribution in [0.15, 0.2) is 0 Å². The molecule has 25 heavy (non-hydrogen) atoms. The molecule has 0 aromatic heterocycles. The average molecular weight is 350 g/mol. The lowest BCUT2D eigenvalue weighted by molar-refractivity contribution is -0.213. The molecule has 4 aliphatic carbocycles. The lowest BCUT2D eigenvalue weighted by Crippen LogP contribution is -2.63. The zero-order chi connectivity index (χ0) is 18.3. The number of carbonyl (C=O) groups excluding carboxylic acids is 1. The Morgan fingerprint density at radius 3 is 2.56 bits per heavy atom. The van der Waals surface area contributed by atoms with Crippen molar-refractivity contribution < 1.29 is 24.9 Å². The van der Waals surface area contributed by atoms with Crippen molar-refractivity contribution >= 4 is 11.8 Å². The van der Waals surface area contributed by atoms with Gasteiger partial charge < -0.3 is 15.3 Å². The van der Waals surface area contributed by atoms with Crippen LogP contribution in [0.3, 0.4) is 0 Å². The molecule has 4 saturated carbocycles. The number of aliphatic hydroxyl groups excluding tert-OH is 2. The van der Waals surface area contributed by atoms with Crippen LogP contribution in [-0.4, -0.2) is 39.8 Å². The molecule has 5 nitrogen and oxygen atoms in total. The molecule has 4 fully saturated rings. The van der Waals surface area contributed by atoms with Crippen LogP contribution in [0.25, 0.3) is 0 Å². The quantitative estimate of drug-likeness (QED) is 0.711. The number of carboxylic acids is 1. The van der Waals surface area contributed by atoms with E-state index < -0.39 is 28.3 Å². The SMILES string of the molecule is C[C@@]12CCC[C@@](C)(C(=O)O)[C@H]1C[C@@H](O)[C@@]13CC(=O)[C@@](CO)(CC[C@@H]21)C3. The highest BCUT2D eigenvalue weighted by Crippen LogP contribution is 2.72. The molecule has 0 aromatic rings. The number of hydrogen-bond donors (Lipinski definition) is 3. The lowest BCUT2D eigenvalue weighted by atomic mass is 9.39. The Morgan fingerprint density at radius 1 is 1.20 bits per heavy atom. The van der Waals surface area contributed by atoms with Crippen molar-refractivity contribution in [3.8, 4) is 0 Å². The maximum Gasteiger partial charge on any atom is 0.309 e. The van der Waals surface area contributed by atoms with Crippen molar-refractivity contribution in [2.45, 2.75) is 71.3 Å². The summed E-state index contributed by atoms with van der Waals surface area (Å²) < 4.78 is 0. The van der Waals surface area contributed by atoms with Gasteiger partial charge in [0.15, 0.2) is 0 Å². The van der Waals surface area contributed by atoms with Gasteiger partial charge in [0, 0.05) is 11.8 Å². The molecule has 4 aliphatic rings. The Bertz CT molecular complexity index is 632. The molecule has 7 atom stereocenters. The van der Waals surface area contributed by atoms with Gasteiger partial charge in [0.05, 0.1) is 23.5 Å². The van der Waals surface area contributed by atoms with Crippen LogP contribution >= 0.6 is 0 Å². The average Bonchev–Trinajstić information content (AvgIpc) is 2.78. The van der Waals surface area contributed by atoms with E-state index in [-0.39, 0.29) is 29.6 Å².